The highest BCUT2D eigenvalue weighted by atomic mass is 35.5. The fraction of sp³-hybridized carbons (Fsp3) is 0.294. The highest BCUT2D eigenvalue weighted by Crippen LogP contribution is 2.40. The first-order valence-electron chi connectivity index (χ1n) is 15.9. The van der Waals surface area contributed by atoms with Crippen molar-refractivity contribution in [2.75, 3.05) is 32.2 Å². The Morgan fingerprint density at radius 1 is 0.811 bits per heavy atom. The molecule has 0 unspecified atom stereocenters. The molecular weight excluding hydrogens is 720 g/mol. The van der Waals surface area contributed by atoms with Crippen molar-refractivity contribution in [3.63, 3.8) is 0 Å². The van der Waals surface area contributed by atoms with E-state index in [0.717, 1.165) is 12.4 Å². The van der Waals surface area contributed by atoms with Crippen LogP contribution < -0.4 is 19.7 Å². The van der Waals surface area contributed by atoms with E-state index in [9.17, 15) is 17.6 Å². The number of nitrogens with one attached hydrogen (secondary N) is 1. The van der Waals surface area contributed by atoms with Gasteiger partial charge in [0.15, 0.2) is 11.3 Å². The van der Waals surface area contributed by atoms with Gasteiger partial charge in [-0.1, -0.05) is 11.6 Å². The molecule has 0 spiro atoms. The Morgan fingerprint density at radius 3 is 1.98 bits per heavy atom. The minimum absolute atomic E-state index is 0.101. The quantitative estimate of drug-likeness (QED) is 0.179. The SMILES string of the molecule is COc1ncc(F)cc1[C@H]1C[C@H](F)CN1.COc1ncc(F)cc1[C@H]1C[C@H](F)CN1c1ccn2ncc(C#N)c2n1.N#Cc1cnn2ccc(Cl)nc12. The van der Waals surface area contributed by atoms with E-state index in [1.54, 1.807) is 29.4 Å². The zero-order valence-electron chi connectivity index (χ0n) is 28.0. The molecule has 6 aromatic rings. The fourth-order valence-corrected chi connectivity index (χ4v) is 6.14. The van der Waals surface area contributed by atoms with Gasteiger partial charge in [0.1, 0.15) is 58.2 Å². The van der Waals surface area contributed by atoms with E-state index in [4.69, 9.17) is 31.6 Å². The summed E-state index contributed by atoms with van der Waals surface area (Å²) in [7, 11) is 2.90. The summed E-state index contributed by atoms with van der Waals surface area (Å²) in [6.07, 6.45) is 6.85. The number of rotatable bonds is 5. The predicted octanol–water partition coefficient (Wildman–Crippen LogP) is 5.29. The lowest BCUT2D eigenvalue weighted by molar-refractivity contribution is 0.351. The summed E-state index contributed by atoms with van der Waals surface area (Å²) in [5.41, 5.74) is 2.67. The molecule has 0 bridgehead atoms. The van der Waals surface area contributed by atoms with Crippen LogP contribution in [0.2, 0.25) is 5.15 Å². The summed E-state index contributed by atoms with van der Waals surface area (Å²) in [6.45, 7) is 0.397. The number of halogens is 5. The number of hydrogen-bond acceptors (Lipinski definition) is 12. The molecular formula is C34H29ClF4N12O2. The lowest BCUT2D eigenvalue weighted by atomic mass is 10.1. The number of nitrogens with zero attached hydrogens (tertiary/aromatic N) is 11. The molecule has 53 heavy (non-hydrogen) atoms. The average Bonchev–Trinajstić information content (AvgIpc) is 3.97. The highest BCUT2D eigenvalue weighted by Gasteiger charge is 2.36. The van der Waals surface area contributed by atoms with Crippen molar-refractivity contribution in [3.8, 4) is 23.9 Å². The van der Waals surface area contributed by atoms with Crippen LogP contribution in [0, 0.1) is 34.3 Å². The van der Waals surface area contributed by atoms with Crippen LogP contribution in [0.5, 0.6) is 11.8 Å². The van der Waals surface area contributed by atoms with Gasteiger partial charge in [-0.3, -0.25) is 0 Å². The minimum Gasteiger partial charge on any atom is -0.481 e. The van der Waals surface area contributed by atoms with Crippen LogP contribution in [-0.4, -0.2) is 78.8 Å². The van der Waals surface area contributed by atoms with E-state index >= 15 is 0 Å². The summed E-state index contributed by atoms with van der Waals surface area (Å²) in [6, 6.07) is 9.25. The molecule has 0 aromatic carbocycles. The van der Waals surface area contributed by atoms with Crippen LogP contribution in [0.25, 0.3) is 11.3 Å². The van der Waals surface area contributed by atoms with Crippen molar-refractivity contribution < 1.29 is 27.0 Å². The molecule has 4 atom stereocenters. The van der Waals surface area contributed by atoms with Crippen molar-refractivity contribution in [1.82, 2.24) is 44.5 Å². The predicted molar refractivity (Wildman–Crippen MR) is 182 cm³/mol. The smallest absolute Gasteiger partial charge is 0.218 e. The number of hydrogen-bond donors (Lipinski definition) is 1. The largest absolute Gasteiger partial charge is 0.481 e. The second kappa shape index (κ2) is 16.1. The van der Waals surface area contributed by atoms with E-state index in [-0.39, 0.29) is 24.9 Å². The number of fused-ring (bicyclic) bond motifs is 2. The Balaban J connectivity index is 0.000000150. The first-order valence-corrected chi connectivity index (χ1v) is 16.3. The van der Waals surface area contributed by atoms with Crippen LogP contribution in [-0.2, 0) is 0 Å². The Hall–Kier alpha value is -6.11. The van der Waals surface area contributed by atoms with Crippen molar-refractivity contribution >= 4 is 28.7 Å². The Bertz CT molecular complexity index is 2330. The van der Waals surface area contributed by atoms with E-state index in [0.29, 0.717) is 63.4 Å². The standard InChI is InChI=1S/C17H14F2N6O.C10H12F2N2O.C7H3ClN4/c1-26-17-13(4-11(18)8-21-17)14-5-12(19)9-24(14)15-2-3-25-16(23-15)10(6-20)7-22-25;1-15-10-8(2-6(11)5-14-10)9-3-7(12)4-13-9;8-6-1-2-12-7(11-6)5(3-9)4-10-12/h2-4,7-8,12,14H,5,9H2,1H3;2,5,7,9,13H,3-4H2,1H3;1-2,4H/t12-,14+;7-,9+;/m00./s1. The normalized spacial score (nSPS) is 19.2. The number of methoxy groups -OCH3 is 2. The monoisotopic (exact) mass is 748 g/mol. The lowest BCUT2D eigenvalue weighted by Gasteiger charge is -2.26. The second-order valence-corrected chi connectivity index (χ2v) is 12.1. The third-order valence-corrected chi connectivity index (χ3v) is 8.57. The molecule has 1 N–H and O–H groups in total. The summed E-state index contributed by atoms with van der Waals surface area (Å²) < 4.78 is 67.2. The molecule has 8 rings (SSSR count). The number of ether oxygens (including phenoxy) is 2. The molecule has 0 aliphatic carbocycles. The van der Waals surface area contributed by atoms with Gasteiger partial charge in [0.25, 0.3) is 0 Å². The Morgan fingerprint density at radius 2 is 1.40 bits per heavy atom. The third-order valence-electron chi connectivity index (χ3n) is 8.36. The van der Waals surface area contributed by atoms with Gasteiger partial charge in [0.05, 0.1) is 51.6 Å². The van der Waals surface area contributed by atoms with Crippen molar-refractivity contribution in [3.05, 3.63) is 100 Å². The van der Waals surface area contributed by atoms with Crippen molar-refractivity contribution in [2.24, 2.45) is 0 Å². The van der Waals surface area contributed by atoms with Crippen molar-refractivity contribution in [2.45, 2.75) is 37.3 Å². The van der Waals surface area contributed by atoms with Crippen molar-refractivity contribution in [1.29, 1.82) is 10.5 Å². The van der Waals surface area contributed by atoms with Crippen LogP contribution in [0.15, 0.2) is 61.4 Å². The second-order valence-electron chi connectivity index (χ2n) is 11.7. The van der Waals surface area contributed by atoms with Crippen LogP contribution >= 0.6 is 11.6 Å². The van der Waals surface area contributed by atoms with E-state index < -0.39 is 30.0 Å². The average molecular weight is 749 g/mol. The van der Waals surface area contributed by atoms with Gasteiger partial charge >= 0.3 is 0 Å². The summed E-state index contributed by atoms with van der Waals surface area (Å²) in [5.74, 6) is 0.122. The number of pyridine rings is 2. The number of nitriles is 2. The molecule has 0 radical (unpaired) electrons. The highest BCUT2D eigenvalue weighted by molar-refractivity contribution is 6.29. The van der Waals surface area contributed by atoms with Gasteiger partial charge < -0.3 is 19.7 Å². The zero-order chi connectivity index (χ0) is 37.6. The molecule has 8 heterocycles. The van der Waals surface area contributed by atoms with Crippen LogP contribution in [0.1, 0.15) is 47.2 Å². The first kappa shape index (κ1) is 36.7. The van der Waals surface area contributed by atoms with Gasteiger partial charge in [-0.15, -0.1) is 0 Å². The number of anilines is 1. The fourth-order valence-electron chi connectivity index (χ4n) is 6.00. The Labute approximate surface area is 304 Å². The molecule has 0 amide bonds. The van der Waals surface area contributed by atoms with Gasteiger partial charge in [-0.25, -0.2) is 46.5 Å². The van der Waals surface area contributed by atoms with Crippen LogP contribution in [0.3, 0.4) is 0 Å². The van der Waals surface area contributed by atoms with E-state index in [1.807, 2.05) is 12.1 Å². The number of alkyl halides is 2. The van der Waals surface area contributed by atoms with Crippen LogP contribution in [0.4, 0.5) is 23.4 Å². The zero-order valence-corrected chi connectivity index (χ0v) is 28.8. The Kier molecular flexibility index (Phi) is 11.1. The molecule has 2 saturated heterocycles. The molecule has 272 valence electrons. The summed E-state index contributed by atoms with van der Waals surface area (Å²) in [5, 5.41) is 29.1. The molecule has 0 saturated carbocycles. The first-order chi connectivity index (χ1) is 25.6. The molecule has 2 fully saturated rings. The third kappa shape index (κ3) is 8.03. The van der Waals surface area contributed by atoms with Gasteiger partial charge in [-0.05, 0) is 30.7 Å². The molecule has 2 aliphatic heterocycles. The molecule has 2 aliphatic rings. The van der Waals surface area contributed by atoms with Gasteiger partial charge in [0.2, 0.25) is 11.8 Å². The summed E-state index contributed by atoms with van der Waals surface area (Å²) in [4.78, 5) is 17.9. The van der Waals surface area contributed by atoms with E-state index in [2.05, 4.69) is 35.5 Å². The molecule has 19 heteroatoms. The number of aromatic nitrogens is 8. The topological polar surface area (TPSA) is 167 Å². The van der Waals surface area contributed by atoms with E-state index in [1.165, 1.54) is 47.8 Å². The maximum atomic E-state index is 14.2. The summed E-state index contributed by atoms with van der Waals surface area (Å²) >= 11 is 5.64. The molecule has 14 nitrogen and oxygen atoms in total. The maximum absolute atomic E-state index is 14.2. The molecule has 6 aromatic heterocycles. The minimum atomic E-state index is -1.11. The van der Waals surface area contributed by atoms with Gasteiger partial charge in [0, 0.05) is 42.5 Å². The van der Waals surface area contributed by atoms with Gasteiger partial charge in [-0.2, -0.15) is 20.7 Å². The lowest BCUT2D eigenvalue weighted by Crippen LogP contribution is -2.25. The maximum Gasteiger partial charge on any atom is 0.218 e.